The average Bonchev–Trinajstić information content (AvgIpc) is 3.58. The van der Waals surface area contributed by atoms with Crippen molar-refractivity contribution in [1.82, 2.24) is 9.62 Å². The highest BCUT2D eigenvalue weighted by molar-refractivity contribution is 7.91. The van der Waals surface area contributed by atoms with E-state index in [1.807, 2.05) is 0 Å². The SMILES string of the molecule is CS(=O)(=O)NCc1csc2c1S(=O)(=O)N=C(C1C(=O)[C@@H]3[C@@H]4CC[C@@H](C4)[C@@H]3N(Cc3cc(F)c(F)c(F)c3)C1=O)N2. The topological polar surface area (TPSA) is 142 Å². The monoisotopic (exact) mass is 616 g/mol. The molecule has 2 saturated carbocycles. The number of halogens is 3. The Balaban J connectivity index is 1.37. The van der Waals surface area contributed by atoms with Crippen molar-refractivity contribution in [3.8, 4) is 0 Å². The number of thiophene rings is 1. The minimum atomic E-state index is -4.43. The Morgan fingerprint density at radius 1 is 1.15 bits per heavy atom. The van der Waals surface area contributed by atoms with Gasteiger partial charge in [0.2, 0.25) is 15.9 Å². The molecule has 2 N–H and O–H groups in total. The lowest BCUT2D eigenvalue weighted by Gasteiger charge is -2.45. The molecule has 1 aromatic carbocycles. The van der Waals surface area contributed by atoms with Crippen LogP contribution in [-0.4, -0.2) is 51.6 Å². The number of sulfonamides is 2. The van der Waals surface area contributed by atoms with E-state index in [-0.39, 0.29) is 51.8 Å². The van der Waals surface area contributed by atoms with Crippen LogP contribution < -0.4 is 10.0 Å². The number of amides is 1. The van der Waals surface area contributed by atoms with Crippen LogP contribution in [0.5, 0.6) is 0 Å². The Morgan fingerprint density at radius 3 is 2.50 bits per heavy atom. The molecule has 4 aliphatic rings. The molecule has 6 rings (SSSR count). The number of rotatable bonds is 6. The molecule has 1 saturated heterocycles. The number of ketones is 1. The maximum absolute atomic E-state index is 14.0. The number of anilines is 1. The van der Waals surface area contributed by atoms with Gasteiger partial charge in [-0.2, -0.15) is 8.42 Å². The Hall–Kier alpha value is -2.82. The fraction of sp³-hybridized carbons (Fsp3) is 0.458. The molecule has 3 heterocycles. The van der Waals surface area contributed by atoms with Crippen LogP contribution in [0.2, 0.25) is 0 Å². The van der Waals surface area contributed by atoms with Crippen molar-refractivity contribution in [2.75, 3.05) is 11.6 Å². The number of hydrogen-bond acceptors (Lipinski definition) is 8. The molecule has 2 aliphatic heterocycles. The summed E-state index contributed by atoms with van der Waals surface area (Å²) in [6.07, 6.45) is 3.15. The van der Waals surface area contributed by atoms with Crippen LogP contribution in [-0.2, 0) is 42.7 Å². The van der Waals surface area contributed by atoms with E-state index in [4.69, 9.17) is 0 Å². The van der Waals surface area contributed by atoms with Crippen molar-refractivity contribution in [1.29, 1.82) is 0 Å². The fourth-order valence-electron chi connectivity index (χ4n) is 6.59. The van der Waals surface area contributed by atoms with Crippen LogP contribution >= 0.6 is 11.3 Å². The summed E-state index contributed by atoms with van der Waals surface area (Å²) in [7, 11) is -8.05. The van der Waals surface area contributed by atoms with Gasteiger partial charge in [-0.3, -0.25) is 9.59 Å². The molecular formula is C24H23F3N4O6S3. The van der Waals surface area contributed by atoms with Gasteiger partial charge in [-0.05, 0) is 54.2 Å². The third kappa shape index (κ3) is 4.44. The number of benzene rings is 1. The Kier molecular flexibility index (Phi) is 6.40. The normalized spacial score (nSPS) is 28.8. The maximum atomic E-state index is 14.0. The van der Waals surface area contributed by atoms with Gasteiger partial charge in [-0.25, -0.2) is 26.3 Å². The second-order valence-corrected chi connectivity index (χ2v) is 14.9. The second-order valence-electron chi connectivity index (χ2n) is 10.6. The van der Waals surface area contributed by atoms with Crippen molar-refractivity contribution in [3.05, 3.63) is 46.1 Å². The minimum Gasteiger partial charge on any atom is -0.333 e. The van der Waals surface area contributed by atoms with Gasteiger partial charge < -0.3 is 10.2 Å². The molecule has 0 radical (unpaired) electrons. The second kappa shape index (κ2) is 9.36. The highest BCUT2D eigenvalue weighted by Gasteiger charge is 2.61. The number of carbonyl (C=O) groups excluding carboxylic acids is 2. The molecular weight excluding hydrogens is 593 g/mol. The van der Waals surface area contributed by atoms with Crippen molar-refractivity contribution in [2.24, 2.45) is 28.1 Å². The quantitative estimate of drug-likeness (QED) is 0.375. The molecule has 214 valence electrons. The number of fused-ring (bicyclic) bond motifs is 6. The van der Waals surface area contributed by atoms with E-state index in [9.17, 15) is 39.6 Å². The van der Waals surface area contributed by atoms with E-state index in [2.05, 4.69) is 14.4 Å². The lowest BCUT2D eigenvalue weighted by atomic mass is 9.73. The number of nitrogens with zero attached hydrogens (tertiary/aromatic N) is 2. The van der Waals surface area contributed by atoms with Crippen LogP contribution in [0.4, 0.5) is 18.2 Å². The highest BCUT2D eigenvalue weighted by atomic mass is 32.2. The van der Waals surface area contributed by atoms with Gasteiger partial charge in [-0.1, -0.05) is 0 Å². The maximum Gasteiger partial charge on any atom is 0.287 e. The molecule has 1 amide bonds. The number of Topliss-reactive ketones (excluding diaryl/α,β-unsaturated/α-hetero) is 1. The Bertz CT molecular complexity index is 1680. The van der Waals surface area contributed by atoms with Crippen molar-refractivity contribution >= 4 is 53.9 Å². The summed E-state index contributed by atoms with van der Waals surface area (Å²) in [5.41, 5.74) is 0.145. The molecule has 2 aliphatic carbocycles. The molecule has 2 aromatic rings. The van der Waals surface area contributed by atoms with Gasteiger partial charge in [0.1, 0.15) is 15.7 Å². The van der Waals surface area contributed by atoms with E-state index < -0.39 is 67.1 Å². The first-order valence-electron chi connectivity index (χ1n) is 12.4. The molecule has 10 nitrogen and oxygen atoms in total. The van der Waals surface area contributed by atoms with Crippen molar-refractivity contribution < 1.29 is 39.6 Å². The molecule has 5 atom stereocenters. The standard InChI is InChI=1S/C24H23F3N4O6S3/c1-39(34,35)28-7-13-9-38-23-21(13)40(36,37)30-22(29-23)17-20(32)16-11-2-3-12(6-11)19(16)31(24(17)33)8-10-4-14(25)18(27)15(26)5-10/h4-5,9,11-12,16-17,19,28H,2-3,6-8H2,1H3,(H,29,30)/t11-,12+,16-,17?,19+/m1/s1. The van der Waals surface area contributed by atoms with E-state index >= 15 is 0 Å². The average molecular weight is 617 g/mol. The summed E-state index contributed by atoms with van der Waals surface area (Å²) in [5, 5.41) is 4.33. The summed E-state index contributed by atoms with van der Waals surface area (Å²) in [6.45, 7) is -0.601. The van der Waals surface area contributed by atoms with Crippen LogP contribution in [0.25, 0.3) is 0 Å². The van der Waals surface area contributed by atoms with Gasteiger partial charge in [0.05, 0.1) is 6.26 Å². The summed E-state index contributed by atoms with van der Waals surface area (Å²) in [6, 6.07) is 1.06. The van der Waals surface area contributed by atoms with Crippen LogP contribution in [0, 0.1) is 41.1 Å². The van der Waals surface area contributed by atoms with Crippen molar-refractivity contribution in [2.45, 2.75) is 43.3 Å². The summed E-state index contributed by atoms with van der Waals surface area (Å²) >= 11 is 0.954. The van der Waals surface area contributed by atoms with Crippen LogP contribution in [0.15, 0.2) is 26.8 Å². The van der Waals surface area contributed by atoms with E-state index in [1.165, 1.54) is 10.3 Å². The molecule has 16 heteroatoms. The number of piperidine rings is 1. The predicted molar refractivity (Wildman–Crippen MR) is 138 cm³/mol. The summed E-state index contributed by atoms with van der Waals surface area (Å²) in [5.74, 6) is -8.30. The molecule has 0 spiro atoms. The smallest absolute Gasteiger partial charge is 0.287 e. The van der Waals surface area contributed by atoms with E-state index in [0.29, 0.717) is 6.42 Å². The Morgan fingerprint density at radius 2 is 1.82 bits per heavy atom. The molecule has 1 aromatic heterocycles. The third-order valence-corrected chi connectivity index (χ3v) is 11.3. The van der Waals surface area contributed by atoms with Gasteiger partial charge in [-0.15, -0.1) is 15.7 Å². The van der Waals surface area contributed by atoms with E-state index in [0.717, 1.165) is 42.6 Å². The highest BCUT2D eigenvalue weighted by Crippen LogP contribution is 2.54. The summed E-state index contributed by atoms with van der Waals surface area (Å²) < 4.78 is 97.0. The van der Waals surface area contributed by atoms with E-state index in [1.54, 1.807) is 0 Å². The Labute approximate surface area is 231 Å². The number of hydrogen-bond donors (Lipinski definition) is 2. The first-order valence-corrected chi connectivity index (χ1v) is 16.6. The van der Waals surface area contributed by atoms with Gasteiger partial charge in [0.15, 0.2) is 29.2 Å². The zero-order valence-electron chi connectivity index (χ0n) is 20.9. The van der Waals surface area contributed by atoms with Gasteiger partial charge >= 0.3 is 0 Å². The minimum absolute atomic E-state index is 0.00206. The van der Waals surface area contributed by atoms with Gasteiger partial charge in [0, 0.05) is 30.6 Å². The largest absolute Gasteiger partial charge is 0.333 e. The first kappa shape index (κ1) is 27.4. The predicted octanol–water partition coefficient (Wildman–Crippen LogP) is 2.37. The molecule has 2 bridgehead atoms. The molecule has 3 fully saturated rings. The fourth-order valence-corrected chi connectivity index (χ4v) is 9.65. The number of carbonyl (C=O) groups is 2. The first-order chi connectivity index (χ1) is 18.7. The van der Waals surface area contributed by atoms with Crippen LogP contribution in [0.3, 0.4) is 0 Å². The number of likely N-dealkylation sites (tertiary alicyclic amines) is 1. The summed E-state index contributed by atoms with van der Waals surface area (Å²) in [4.78, 5) is 28.8. The number of amidine groups is 1. The lowest BCUT2D eigenvalue weighted by molar-refractivity contribution is -0.153. The molecule has 1 unspecified atom stereocenters. The molecule has 40 heavy (non-hydrogen) atoms. The number of nitrogens with one attached hydrogen (secondary N) is 2. The zero-order chi connectivity index (χ0) is 28.7. The third-order valence-electron chi connectivity index (χ3n) is 8.11. The van der Waals surface area contributed by atoms with Gasteiger partial charge in [0.25, 0.3) is 10.0 Å². The zero-order valence-corrected chi connectivity index (χ0v) is 23.3. The van der Waals surface area contributed by atoms with Crippen LogP contribution in [0.1, 0.15) is 30.4 Å². The van der Waals surface area contributed by atoms with Crippen molar-refractivity contribution in [3.63, 3.8) is 0 Å². The lowest BCUT2D eigenvalue weighted by Crippen LogP contribution is -2.61.